The van der Waals surface area contributed by atoms with Crippen LogP contribution in [0, 0.1) is 12.8 Å². The zero-order valence-corrected chi connectivity index (χ0v) is 13.1. The maximum Gasteiger partial charge on any atom is 0.0640 e. The van der Waals surface area contributed by atoms with Crippen molar-refractivity contribution < 1.29 is 0 Å². The summed E-state index contributed by atoms with van der Waals surface area (Å²) in [4.78, 5) is 0. The van der Waals surface area contributed by atoms with E-state index in [1.165, 1.54) is 11.1 Å². The quantitative estimate of drug-likeness (QED) is 0.727. The maximum absolute atomic E-state index is 6.34. The summed E-state index contributed by atoms with van der Waals surface area (Å²) in [6.07, 6.45) is 1.08. The van der Waals surface area contributed by atoms with Crippen molar-refractivity contribution in [2.24, 2.45) is 5.92 Å². The molecular formula is C18H22ClN. The molecule has 1 atom stereocenters. The second-order valence-corrected chi connectivity index (χ2v) is 6.13. The van der Waals surface area contributed by atoms with Crippen molar-refractivity contribution >= 4 is 17.3 Å². The summed E-state index contributed by atoms with van der Waals surface area (Å²) in [5.41, 5.74) is 3.49. The Balaban J connectivity index is 2.24. The van der Waals surface area contributed by atoms with Crippen LogP contribution in [0.3, 0.4) is 0 Å². The van der Waals surface area contributed by atoms with E-state index in [1.54, 1.807) is 0 Å². The predicted octanol–water partition coefficient (Wildman–Crippen LogP) is 5.85. The van der Waals surface area contributed by atoms with Gasteiger partial charge in [0.1, 0.15) is 0 Å². The van der Waals surface area contributed by atoms with E-state index < -0.39 is 0 Å². The lowest BCUT2D eigenvalue weighted by Crippen LogP contribution is -2.13. The molecule has 2 rings (SSSR count). The van der Waals surface area contributed by atoms with Gasteiger partial charge in [0, 0.05) is 0 Å². The summed E-state index contributed by atoms with van der Waals surface area (Å²) >= 11 is 6.34. The minimum Gasteiger partial charge on any atom is -0.377 e. The molecule has 0 bridgehead atoms. The van der Waals surface area contributed by atoms with Crippen LogP contribution in [0.2, 0.25) is 5.02 Å². The molecule has 2 aromatic carbocycles. The molecule has 0 aromatic heterocycles. The Morgan fingerprint density at radius 1 is 1.05 bits per heavy atom. The Hall–Kier alpha value is -1.47. The van der Waals surface area contributed by atoms with Crippen LogP contribution in [0.15, 0.2) is 48.5 Å². The van der Waals surface area contributed by atoms with E-state index in [0.717, 1.165) is 17.1 Å². The Kier molecular flexibility index (Phi) is 5.08. The van der Waals surface area contributed by atoms with Crippen molar-refractivity contribution in [2.75, 3.05) is 5.32 Å². The number of halogens is 1. The fraction of sp³-hybridized carbons (Fsp3) is 0.333. The topological polar surface area (TPSA) is 12.0 Å². The highest BCUT2D eigenvalue weighted by molar-refractivity contribution is 6.33. The third-order valence-electron chi connectivity index (χ3n) is 3.36. The van der Waals surface area contributed by atoms with Gasteiger partial charge in [0.05, 0.1) is 16.8 Å². The number of hydrogen-bond acceptors (Lipinski definition) is 1. The molecule has 0 saturated carbocycles. The van der Waals surface area contributed by atoms with Crippen molar-refractivity contribution in [1.82, 2.24) is 0 Å². The van der Waals surface area contributed by atoms with Gasteiger partial charge in [-0.1, -0.05) is 61.8 Å². The van der Waals surface area contributed by atoms with Gasteiger partial charge in [0.15, 0.2) is 0 Å². The summed E-state index contributed by atoms with van der Waals surface area (Å²) in [5, 5.41) is 4.38. The van der Waals surface area contributed by atoms with Gasteiger partial charge in [-0.3, -0.25) is 0 Å². The normalized spacial score (nSPS) is 12.4. The highest BCUT2D eigenvalue weighted by Crippen LogP contribution is 2.30. The largest absolute Gasteiger partial charge is 0.377 e. The van der Waals surface area contributed by atoms with Crippen LogP contribution in [-0.4, -0.2) is 0 Å². The monoisotopic (exact) mass is 287 g/mol. The molecule has 1 nitrogen and oxygen atoms in total. The van der Waals surface area contributed by atoms with Crippen molar-refractivity contribution in [3.8, 4) is 0 Å². The smallest absolute Gasteiger partial charge is 0.0640 e. The van der Waals surface area contributed by atoms with E-state index in [2.05, 4.69) is 68.6 Å². The number of benzene rings is 2. The van der Waals surface area contributed by atoms with E-state index in [4.69, 9.17) is 11.6 Å². The highest BCUT2D eigenvalue weighted by Gasteiger charge is 2.14. The molecular weight excluding hydrogens is 266 g/mol. The molecule has 2 aromatic rings. The second kappa shape index (κ2) is 6.81. The summed E-state index contributed by atoms with van der Waals surface area (Å²) in [7, 11) is 0. The zero-order chi connectivity index (χ0) is 14.5. The number of hydrogen-bond donors (Lipinski definition) is 1. The Bertz CT molecular complexity index is 549. The molecule has 20 heavy (non-hydrogen) atoms. The molecule has 0 amide bonds. The van der Waals surface area contributed by atoms with Crippen molar-refractivity contribution in [3.05, 3.63) is 64.7 Å². The lowest BCUT2D eigenvalue weighted by molar-refractivity contribution is 0.531. The fourth-order valence-corrected chi connectivity index (χ4v) is 2.65. The van der Waals surface area contributed by atoms with Crippen molar-refractivity contribution in [1.29, 1.82) is 0 Å². The van der Waals surface area contributed by atoms with Crippen molar-refractivity contribution in [3.63, 3.8) is 0 Å². The van der Waals surface area contributed by atoms with Gasteiger partial charge in [-0.2, -0.15) is 0 Å². The van der Waals surface area contributed by atoms with Gasteiger partial charge < -0.3 is 5.32 Å². The molecule has 0 heterocycles. The second-order valence-electron chi connectivity index (χ2n) is 5.72. The molecule has 0 saturated heterocycles. The summed E-state index contributed by atoms with van der Waals surface area (Å²) in [6, 6.07) is 17.0. The standard InChI is InChI=1S/C18H22ClN/c1-13(2)11-18(15-7-5-4-6-8-15)20-17-10-9-14(3)12-16(17)19/h4-10,12-13,18,20H,11H2,1-3H3. The first-order valence-corrected chi connectivity index (χ1v) is 7.51. The van der Waals surface area contributed by atoms with Crippen LogP contribution in [-0.2, 0) is 0 Å². The van der Waals surface area contributed by atoms with Crippen LogP contribution >= 0.6 is 11.6 Å². The van der Waals surface area contributed by atoms with Crippen molar-refractivity contribution in [2.45, 2.75) is 33.2 Å². The minimum atomic E-state index is 0.288. The Morgan fingerprint density at radius 2 is 1.75 bits per heavy atom. The minimum absolute atomic E-state index is 0.288. The fourth-order valence-electron chi connectivity index (χ4n) is 2.36. The van der Waals surface area contributed by atoms with E-state index >= 15 is 0 Å². The van der Waals surface area contributed by atoms with Gasteiger partial charge in [0.2, 0.25) is 0 Å². The first-order chi connectivity index (χ1) is 9.56. The Labute approximate surface area is 127 Å². The van der Waals surface area contributed by atoms with Crippen LogP contribution in [0.25, 0.3) is 0 Å². The van der Waals surface area contributed by atoms with Crippen LogP contribution in [0.1, 0.15) is 37.4 Å². The highest BCUT2D eigenvalue weighted by atomic mass is 35.5. The predicted molar refractivity (Wildman–Crippen MR) is 88.4 cm³/mol. The molecule has 0 spiro atoms. The van der Waals surface area contributed by atoms with E-state index in [1.807, 2.05) is 6.07 Å². The molecule has 0 radical (unpaired) electrons. The molecule has 0 fully saturated rings. The average molecular weight is 288 g/mol. The van der Waals surface area contributed by atoms with Gasteiger partial charge in [0.25, 0.3) is 0 Å². The molecule has 2 heteroatoms. The summed E-state index contributed by atoms with van der Waals surface area (Å²) in [5.74, 6) is 0.622. The average Bonchev–Trinajstić information content (AvgIpc) is 2.41. The number of aryl methyl sites for hydroxylation is 1. The maximum atomic E-state index is 6.34. The third-order valence-corrected chi connectivity index (χ3v) is 3.68. The zero-order valence-electron chi connectivity index (χ0n) is 12.4. The number of rotatable bonds is 5. The van der Waals surface area contributed by atoms with E-state index in [9.17, 15) is 0 Å². The molecule has 0 aliphatic carbocycles. The molecule has 0 aliphatic heterocycles. The third kappa shape index (κ3) is 4.01. The lowest BCUT2D eigenvalue weighted by Gasteiger charge is -2.23. The lowest BCUT2D eigenvalue weighted by atomic mass is 9.96. The van der Waals surface area contributed by atoms with Crippen LogP contribution in [0.4, 0.5) is 5.69 Å². The molecule has 1 N–H and O–H groups in total. The van der Waals surface area contributed by atoms with Crippen LogP contribution in [0.5, 0.6) is 0 Å². The first kappa shape index (κ1) is 14.9. The number of nitrogens with one attached hydrogen (secondary N) is 1. The summed E-state index contributed by atoms with van der Waals surface area (Å²) < 4.78 is 0. The molecule has 106 valence electrons. The SMILES string of the molecule is Cc1ccc(NC(CC(C)C)c2ccccc2)c(Cl)c1. The molecule has 0 aliphatic rings. The number of anilines is 1. The molecule has 1 unspecified atom stereocenters. The van der Waals surface area contributed by atoms with Gasteiger partial charge in [-0.25, -0.2) is 0 Å². The van der Waals surface area contributed by atoms with Crippen LogP contribution < -0.4 is 5.32 Å². The first-order valence-electron chi connectivity index (χ1n) is 7.14. The van der Waals surface area contributed by atoms with E-state index in [0.29, 0.717) is 5.92 Å². The summed E-state index contributed by atoms with van der Waals surface area (Å²) in [6.45, 7) is 6.54. The Morgan fingerprint density at radius 3 is 2.35 bits per heavy atom. The van der Waals surface area contributed by atoms with Gasteiger partial charge >= 0.3 is 0 Å². The van der Waals surface area contributed by atoms with Gasteiger partial charge in [-0.05, 0) is 42.5 Å². The van der Waals surface area contributed by atoms with E-state index in [-0.39, 0.29) is 6.04 Å². The van der Waals surface area contributed by atoms with Gasteiger partial charge in [-0.15, -0.1) is 0 Å².